The van der Waals surface area contributed by atoms with Gasteiger partial charge in [-0.15, -0.1) is 11.3 Å². The molecular formula is C12H17N3S. The van der Waals surface area contributed by atoms with E-state index in [0.717, 1.165) is 19.5 Å². The number of aryl methyl sites for hydroxylation is 2. The van der Waals surface area contributed by atoms with Crippen LogP contribution in [0.25, 0.3) is 0 Å². The number of aromatic nitrogens is 2. The van der Waals surface area contributed by atoms with E-state index in [2.05, 4.69) is 28.8 Å². The second kappa shape index (κ2) is 5.27. The molecule has 0 aliphatic carbocycles. The molecule has 2 aromatic heterocycles. The van der Waals surface area contributed by atoms with Crippen molar-refractivity contribution in [3.63, 3.8) is 0 Å². The Hall–Kier alpha value is -1.13. The maximum absolute atomic E-state index is 4.14. The number of hydrogen-bond donors (Lipinski definition) is 1. The van der Waals surface area contributed by atoms with Crippen molar-refractivity contribution in [3.05, 3.63) is 39.8 Å². The lowest BCUT2D eigenvalue weighted by Gasteiger charge is -2.02. The Morgan fingerprint density at radius 1 is 1.50 bits per heavy atom. The molecule has 0 saturated carbocycles. The third kappa shape index (κ3) is 2.93. The maximum atomic E-state index is 4.14. The minimum Gasteiger partial charge on any atom is -0.312 e. The second-order valence-electron chi connectivity index (χ2n) is 3.98. The van der Waals surface area contributed by atoms with E-state index in [9.17, 15) is 0 Å². The van der Waals surface area contributed by atoms with Crippen LogP contribution in [0.3, 0.4) is 0 Å². The standard InChI is InChI=1S/C12H17N3S/c1-10-4-6-16-12(10)3-5-13-7-11-8-14-15(2)9-11/h4,6,8-9,13H,3,5,7H2,1-2H3. The topological polar surface area (TPSA) is 29.9 Å². The Bertz CT molecular complexity index is 445. The van der Waals surface area contributed by atoms with Gasteiger partial charge >= 0.3 is 0 Å². The average Bonchev–Trinajstić information content (AvgIpc) is 2.83. The van der Waals surface area contributed by atoms with E-state index >= 15 is 0 Å². The molecular weight excluding hydrogens is 218 g/mol. The molecule has 2 heterocycles. The van der Waals surface area contributed by atoms with Crippen LogP contribution in [0.15, 0.2) is 23.8 Å². The second-order valence-corrected chi connectivity index (χ2v) is 4.98. The van der Waals surface area contributed by atoms with E-state index in [4.69, 9.17) is 0 Å². The molecule has 1 N–H and O–H groups in total. The van der Waals surface area contributed by atoms with Gasteiger partial charge in [-0.1, -0.05) is 0 Å². The summed E-state index contributed by atoms with van der Waals surface area (Å²) in [4.78, 5) is 1.48. The van der Waals surface area contributed by atoms with Gasteiger partial charge in [0.1, 0.15) is 0 Å². The summed E-state index contributed by atoms with van der Waals surface area (Å²) >= 11 is 1.84. The highest BCUT2D eigenvalue weighted by molar-refractivity contribution is 7.10. The van der Waals surface area contributed by atoms with E-state index in [1.807, 2.05) is 35.5 Å². The molecule has 0 spiro atoms. The van der Waals surface area contributed by atoms with Gasteiger partial charge in [0.2, 0.25) is 0 Å². The lowest BCUT2D eigenvalue weighted by atomic mass is 10.2. The summed E-state index contributed by atoms with van der Waals surface area (Å²) in [7, 11) is 1.94. The molecule has 0 amide bonds. The van der Waals surface area contributed by atoms with Crippen molar-refractivity contribution in [2.24, 2.45) is 7.05 Å². The van der Waals surface area contributed by atoms with Crippen LogP contribution in [0.5, 0.6) is 0 Å². The molecule has 16 heavy (non-hydrogen) atoms. The summed E-state index contributed by atoms with van der Waals surface area (Å²) in [5.41, 5.74) is 2.65. The molecule has 2 aromatic rings. The van der Waals surface area contributed by atoms with Crippen molar-refractivity contribution in [1.82, 2.24) is 15.1 Å². The van der Waals surface area contributed by atoms with Gasteiger partial charge in [0.15, 0.2) is 0 Å². The maximum Gasteiger partial charge on any atom is 0.0534 e. The Kier molecular flexibility index (Phi) is 3.74. The van der Waals surface area contributed by atoms with Gasteiger partial charge in [-0.25, -0.2) is 0 Å². The summed E-state index contributed by atoms with van der Waals surface area (Å²) in [5.74, 6) is 0. The summed E-state index contributed by atoms with van der Waals surface area (Å²) in [6.07, 6.45) is 5.07. The zero-order valence-corrected chi connectivity index (χ0v) is 10.5. The number of rotatable bonds is 5. The van der Waals surface area contributed by atoms with Crippen LogP contribution < -0.4 is 5.32 Å². The van der Waals surface area contributed by atoms with Gasteiger partial charge in [-0.05, 0) is 30.4 Å². The molecule has 3 nitrogen and oxygen atoms in total. The van der Waals surface area contributed by atoms with Gasteiger partial charge in [0.05, 0.1) is 6.20 Å². The van der Waals surface area contributed by atoms with Gasteiger partial charge in [0.25, 0.3) is 0 Å². The smallest absolute Gasteiger partial charge is 0.0534 e. The Morgan fingerprint density at radius 2 is 2.38 bits per heavy atom. The van der Waals surface area contributed by atoms with Crippen molar-refractivity contribution < 1.29 is 0 Å². The van der Waals surface area contributed by atoms with Crippen LogP contribution in [0.1, 0.15) is 16.0 Å². The first-order valence-corrected chi connectivity index (χ1v) is 6.35. The molecule has 0 aliphatic rings. The summed E-state index contributed by atoms with van der Waals surface area (Å²) in [6, 6.07) is 2.18. The molecule has 0 radical (unpaired) electrons. The van der Waals surface area contributed by atoms with Crippen LogP contribution in [-0.4, -0.2) is 16.3 Å². The van der Waals surface area contributed by atoms with E-state index < -0.39 is 0 Å². The fourth-order valence-electron chi connectivity index (χ4n) is 1.66. The Balaban J connectivity index is 1.71. The average molecular weight is 235 g/mol. The SMILES string of the molecule is Cc1ccsc1CCNCc1cnn(C)c1. The minimum absolute atomic E-state index is 0.901. The van der Waals surface area contributed by atoms with Gasteiger partial charge in [-0.2, -0.15) is 5.10 Å². The molecule has 86 valence electrons. The number of nitrogens with one attached hydrogen (secondary N) is 1. The monoisotopic (exact) mass is 235 g/mol. The molecule has 0 fully saturated rings. The van der Waals surface area contributed by atoms with Crippen molar-refractivity contribution >= 4 is 11.3 Å². The number of nitrogens with zero attached hydrogens (tertiary/aromatic N) is 2. The molecule has 0 unspecified atom stereocenters. The molecule has 0 atom stereocenters. The molecule has 4 heteroatoms. The van der Waals surface area contributed by atoms with Crippen LogP contribution in [0.2, 0.25) is 0 Å². The highest BCUT2D eigenvalue weighted by Gasteiger charge is 1.99. The first kappa shape index (κ1) is 11.4. The number of hydrogen-bond acceptors (Lipinski definition) is 3. The number of thiophene rings is 1. The van der Waals surface area contributed by atoms with Gasteiger partial charge < -0.3 is 5.32 Å². The van der Waals surface area contributed by atoms with Crippen LogP contribution in [0.4, 0.5) is 0 Å². The van der Waals surface area contributed by atoms with E-state index in [1.165, 1.54) is 16.0 Å². The van der Waals surface area contributed by atoms with Crippen LogP contribution in [0, 0.1) is 6.92 Å². The molecule has 0 saturated heterocycles. The molecule has 0 bridgehead atoms. The first-order valence-electron chi connectivity index (χ1n) is 5.47. The fraction of sp³-hybridized carbons (Fsp3) is 0.417. The highest BCUT2D eigenvalue weighted by Crippen LogP contribution is 2.15. The molecule has 0 aliphatic heterocycles. The van der Waals surface area contributed by atoms with E-state index in [0.29, 0.717) is 0 Å². The quantitative estimate of drug-likeness (QED) is 0.805. The zero-order valence-electron chi connectivity index (χ0n) is 9.73. The molecule has 2 rings (SSSR count). The lowest BCUT2D eigenvalue weighted by molar-refractivity contribution is 0.688. The Labute approximate surface area is 100 Å². The van der Waals surface area contributed by atoms with Gasteiger partial charge in [0, 0.05) is 36.8 Å². The predicted molar refractivity (Wildman–Crippen MR) is 67.7 cm³/mol. The van der Waals surface area contributed by atoms with Crippen LogP contribution >= 0.6 is 11.3 Å². The van der Waals surface area contributed by atoms with E-state index in [-0.39, 0.29) is 0 Å². The third-order valence-corrected chi connectivity index (χ3v) is 3.67. The van der Waals surface area contributed by atoms with Crippen molar-refractivity contribution in [1.29, 1.82) is 0 Å². The highest BCUT2D eigenvalue weighted by atomic mass is 32.1. The van der Waals surface area contributed by atoms with Crippen molar-refractivity contribution in [3.8, 4) is 0 Å². The normalized spacial score (nSPS) is 10.9. The van der Waals surface area contributed by atoms with Crippen molar-refractivity contribution in [2.45, 2.75) is 19.9 Å². The largest absolute Gasteiger partial charge is 0.312 e. The minimum atomic E-state index is 0.901. The van der Waals surface area contributed by atoms with Crippen molar-refractivity contribution in [2.75, 3.05) is 6.54 Å². The van der Waals surface area contributed by atoms with Gasteiger partial charge in [-0.3, -0.25) is 4.68 Å². The Morgan fingerprint density at radius 3 is 3.00 bits per heavy atom. The van der Waals surface area contributed by atoms with Crippen LogP contribution in [-0.2, 0) is 20.0 Å². The zero-order chi connectivity index (χ0) is 11.4. The predicted octanol–water partition coefficient (Wildman–Crippen LogP) is 2.12. The summed E-state index contributed by atoms with van der Waals surface area (Å²) < 4.78 is 1.83. The lowest BCUT2D eigenvalue weighted by Crippen LogP contribution is -2.16. The summed E-state index contributed by atoms with van der Waals surface area (Å²) in [5, 5.41) is 9.73. The summed E-state index contributed by atoms with van der Waals surface area (Å²) in [6.45, 7) is 4.10. The third-order valence-electron chi connectivity index (χ3n) is 2.58. The van der Waals surface area contributed by atoms with E-state index in [1.54, 1.807) is 0 Å². The first-order chi connectivity index (χ1) is 7.75. The fourth-order valence-corrected chi connectivity index (χ4v) is 2.57. The molecule has 0 aromatic carbocycles.